The van der Waals surface area contributed by atoms with Gasteiger partial charge >= 0.3 is 0 Å². The van der Waals surface area contributed by atoms with E-state index in [0.717, 1.165) is 11.3 Å². The van der Waals surface area contributed by atoms with E-state index in [1.807, 2.05) is 24.3 Å². The Kier molecular flexibility index (Phi) is 2.87. The molecule has 0 spiro atoms. The summed E-state index contributed by atoms with van der Waals surface area (Å²) in [5, 5.41) is 5.87. The van der Waals surface area contributed by atoms with E-state index < -0.39 is 5.95 Å². The number of amides is 1. The predicted molar refractivity (Wildman–Crippen MR) is 70.4 cm³/mol. The summed E-state index contributed by atoms with van der Waals surface area (Å²) in [6.45, 7) is 0. The Morgan fingerprint density at radius 3 is 2.89 bits per heavy atom. The Hall–Kier alpha value is -2.43. The van der Waals surface area contributed by atoms with Gasteiger partial charge in [0.2, 0.25) is 11.9 Å². The molecule has 0 saturated heterocycles. The second-order valence-electron chi connectivity index (χ2n) is 4.42. The number of carbonyl (C=O) groups excluding carboxylic acids is 1. The van der Waals surface area contributed by atoms with Gasteiger partial charge in [-0.1, -0.05) is 18.2 Å². The van der Waals surface area contributed by atoms with Crippen LogP contribution in [-0.2, 0) is 11.2 Å². The van der Waals surface area contributed by atoms with Gasteiger partial charge in [0.15, 0.2) is 0 Å². The van der Waals surface area contributed by atoms with Gasteiger partial charge in [-0.05, 0) is 23.8 Å². The zero-order valence-electron chi connectivity index (χ0n) is 10.1. The number of carbonyl (C=O) groups is 1. The Balaban J connectivity index is 1.68. The molecule has 0 radical (unpaired) electrons. The molecule has 0 aliphatic carbocycles. The van der Waals surface area contributed by atoms with E-state index in [1.54, 1.807) is 0 Å². The van der Waals surface area contributed by atoms with Gasteiger partial charge in [0.05, 0.1) is 11.9 Å². The molecule has 2 aromatic rings. The van der Waals surface area contributed by atoms with E-state index in [0.29, 0.717) is 12.1 Å². The van der Waals surface area contributed by atoms with Crippen LogP contribution in [0.3, 0.4) is 0 Å². The zero-order valence-corrected chi connectivity index (χ0v) is 10.1. The molecular weight excluding hydrogens is 245 g/mol. The van der Waals surface area contributed by atoms with Gasteiger partial charge in [-0.3, -0.25) is 4.79 Å². The molecule has 2 N–H and O–H groups in total. The van der Waals surface area contributed by atoms with Crippen molar-refractivity contribution in [3.05, 3.63) is 54.1 Å². The average Bonchev–Trinajstić information content (AvgIpc) is 2.85. The molecule has 96 valence electrons. The number of fused-ring (bicyclic) bond motifs is 1. The van der Waals surface area contributed by atoms with E-state index in [-0.39, 0.29) is 11.9 Å². The van der Waals surface area contributed by atoms with Crippen LogP contribution in [-0.4, -0.2) is 16.9 Å². The first-order valence-corrected chi connectivity index (χ1v) is 5.99. The SMILES string of the molecule is O=C(Nc1ccc(F)nc1)[C@@H]1Cc2ccccc2N1. The number of benzene rings is 1. The van der Waals surface area contributed by atoms with Crippen molar-refractivity contribution in [3.63, 3.8) is 0 Å². The molecule has 2 heterocycles. The minimum Gasteiger partial charge on any atom is -0.373 e. The minimum atomic E-state index is -0.565. The number of nitrogens with one attached hydrogen (secondary N) is 2. The average molecular weight is 257 g/mol. The van der Waals surface area contributed by atoms with Crippen LogP contribution in [0.4, 0.5) is 15.8 Å². The Labute approximate surface area is 109 Å². The van der Waals surface area contributed by atoms with Crippen molar-refractivity contribution in [2.45, 2.75) is 12.5 Å². The highest BCUT2D eigenvalue weighted by molar-refractivity contribution is 5.97. The van der Waals surface area contributed by atoms with Gasteiger partial charge in [-0.25, -0.2) is 4.98 Å². The van der Waals surface area contributed by atoms with Crippen molar-refractivity contribution >= 4 is 17.3 Å². The highest BCUT2D eigenvalue weighted by Gasteiger charge is 2.26. The number of hydrogen-bond acceptors (Lipinski definition) is 3. The lowest BCUT2D eigenvalue weighted by Crippen LogP contribution is -2.32. The highest BCUT2D eigenvalue weighted by Crippen LogP contribution is 2.25. The van der Waals surface area contributed by atoms with Gasteiger partial charge in [-0.2, -0.15) is 4.39 Å². The Morgan fingerprint density at radius 1 is 1.32 bits per heavy atom. The Morgan fingerprint density at radius 2 is 2.16 bits per heavy atom. The molecule has 0 fully saturated rings. The number of anilines is 2. The lowest BCUT2D eigenvalue weighted by Gasteiger charge is -2.11. The van der Waals surface area contributed by atoms with Gasteiger partial charge in [0.25, 0.3) is 0 Å². The lowest BCUT2D eigenvalue weighted by molar-refractivity contribution is -0.116. The summed E-state index contributed by atoms with van der Waals surface area (Å²) in [5.41, 5.74) is 2.60. The second kappa shape index (κ2) is 4.68. The molecule has 1 aromatic heterocycles. The molecule has 3 rings (SSSR count). The maximum absolute atomic E-state index is 12.7. The third kappa shape index (κ3) is 2.40. The summed E-state index contributed by atoms with van der Waals surface area (Å²) in [7, 11) is 0. The summed E-state index contributed by atoms with van der Waals surface area (Å²) >= 11 is 0. The molecule has 5 heteroatoms. The molecule has 0 bridgehead atoms. The third-order valence-corrected chi connectivity index (χ3v) is 3.08. The maximum Gasteiger partial charge on any atom is 0.247 e. The van der Waals surface area contributed by atoms with Crippen LogP contribution in [0.1, 0.15) is 5.56 Å². The van der Waals surface area contributed by atoms with Crippen molar-refractivity contribution in [1.29, 1.82) is 0 Å². The monoisotopic (exact) mass is 257 g/mol. The highest BCUT2D eigenvalue weighted by atomic mass is 19.1. The van der Waals surface area contributed by atoms with Crippen molar-refractivity contribution in [2.24, 2.45) is 0 Å². The summed E-state index contributed by atoms with van der Waals surface area (Å²) in [6, 6.07) is 10.2. The quantitative estimate of drug-likeness (QED) is 0.811. The van der Waals surface area contributed by atoms with Crippen molar-refractivity contribution in [1.82, 2.24) is 4.98 Å². The number of pyridine rings is 1. The molecule has 1 aliphatic rings. The van der Waals surface area contributed by atoms with Crippen LogP contribution in [0.5, 0.6) is 0 Å². The summed E-state index contributed by atoms with van der Waals surface area (Å²) < 4.78 is 12.7. The van der Waals surface area contributed by atoms with Gasteiger partial charge in [-0.15, -0.1) is 0 Å². The van der Waals surface area contributed by atoms with E-state index in [4.69, 9.17) is 0 Å². The summed E-state index contributed by atoms with van der Waals surface area (Å²) in [5.74, 6) is -0.714. The van der Waals surface area contributed by atoms with Crippen LogP contribution in [0.2, 0.25) is 0 Å². The molecule has 4 nitrogen and oxygen atoms in total. The smallest absolute Gasteiger partial charge is 0.247 e. The van der Waals surface area contributed by atoms with E-state index >= 15 is 0 Å². The minimum absolute atomic E-state index is 0.149. The standard InChI is InChI=1S/C14H12FN3O/c15-13-6-5-10(8-16-13)17-14(19)12-7-9-3-1-2-4-11(9)18-12/h1-6,8,12,18H,7H2,(H,17,19)/t12-/m0/s1. The molecule has 0 unspecified atom stereocenters. The van der Waals surface area contributed by atoms with Crippen LogP contribution in [0.25, 0.3) is 0 Å². The number of halogens is 1. The van der Waals surface area contributed by atoms with E-state index in [1.165, 1.54) is 18.3 Å². The fraction of sp³-hybridized carbons (Fsp3) is 0.143. The number of para-hydroxylation sites is 1. The van der Waals surface area contributed by atoms with Gasteiger partial charge < -0.3 is 10.6 Å². The number of nitrogens with zero attached hydrogens (tertiary/aromatic N) is 1. The number of aromatic nitrogens is 1. The van der Waals surface area contributed by atoms with E-state index in [9.17, 15) is 9.18 Å². The fourth-order valence-corrected chi connectivity index (χ4v) is 2.14. The second-order valence-corrected chi connectivity index (χ2v) is 4.42. The molecule has 1 aromatic carbocycles. The summed E-state index contributed by atoms with van der Waals surface area (Å²) in [6.07, 6.45) is 1.95. The molecular formula is C14H12FN3O. The van der Waals surface area contributed by atoms with Gasteiger partial charge in [0, 0.05) is 12.1 Å². The first-order chi connectivity index (χ1) is 9.22. The topological polar surface area (TPSA) is 54.0 Å². The third-order valence-electron chi connectivity index (χ3n) is 3.08. The molecule has 19 heavy (non-hydrogen) atoms. The van der Waals surface area contributed by atoms with Crippen molar-refractivity contribution in [2.75, 3.05) is 10.6 Å². The van der Waals surface area contributed by atoms with E-state index in [2.05, 4.69) is 15.6 Å². The predicted octanol–water partition coefficient (Wildman–Crippen LogP) is 2.20. The summed E-state index contributed by atoms with van der Waals surface area (Å²) in [4.78, 5) is 15.6. The zero-order chi connectivity index (χ0) is 13.2. The van der Waals surface area contributed by atoms with Crippen LogP contribution in [0.15, 0.2) is 42.6 Å². The van der Waals surface area contributed by atoms with Crippen molar-refractivity contribution < 1.29 is 9.18 Å². The fourth-order valence-electron chi connectivity index (χ4n) is 2.14. The van der Waals surface area contributed by atoms with Crippen molar-refractivity contribution in [3.8, 4) is 0 Å². The number of hydrogen-bond donors (Lipinski definition) is 2. The molecule has 1 atom stereocenters. The largest absolute Gasteiger partial charge is 0.373 e. The van der Waals surface area contributed by atoms with Gasteiger partial charge in [0.1, 0.15) is 6.04 Å². The van der Waals surface area contributed by atoms with Crippen LogP contribution < -0.4 is 10.6 Å². The Bertz CT molecular complexity index is 587. The lowest BCUT2D eigenvalue weighted by atomic mass is 10.1. The number of rotatable bonds is 2. The van der Waals surface area contributed by atoms with Crippen LogP contribution in [0, 0.1) is 5.95 Å². The maximum atomic E-state index is 12.7. The molecule has 1 aliphatic heterocycles. The first-order valence-electron chi connectivity index (χ1n) is 5.99. The van der Waals surface area contributed by atoms with Crippen LogP contribution >= 0.6 is 0 Å². The first kappa shape index (κ1) is 11.6. The normalized spacial score (nSPS) is 16.6. The molecule has 1 amide bonds. The molecule has 0 saturated carbocycles.